The van der Waals surface area contributed by atoms with Crippen LogP contribution in [0.4, 0.5) is 5.69 Å². The van der Waals surface area contributed by atoms with Gasteiger partial charge in [0, 0.05) is 17.6 Å². The number of rotatable bonds is 3. The molecular formula is C13H12N2S2. The summed E-state index contributed by atoms with van der Waals surface area (Å²) in [4.78, 5) is 4.25. The summed E-state index contributed by atoms with van der Waals surface area (Å²) in [6.45, 7) is 0. The first-order chi connectivity index (χ1) is 8.34. The van der Waals surface area contributed by atoms with Gasteiger partial charge in [-0.1, -0.05) is 48.2 Å². The van der Waals surface area contributed by atoms with Gasteiger partial charge in [-0.05, 0) is 24.3 Å². The molecule has 1 N–H and O–H groups in total. The van der Waals surface area contributed by atoms with Crippen LogP contribution in [0.1, 0.15) is 5.69 Å². The Hall–Kier alpha value is -1.39. The monoisotopic (exact) mass is 260 g/mol. The van der Waals surface area contributed by atoms with Crippen molar-refractivity contribution in [3.8, 4) is 0 Å². The van der Waals surface area contributed by atoms with E-state index in [2.05, 4.69) is 10.3 Å². The van der Waals surface area contributed by atoms with Crippen molar-refractivity contribution >= 4 is 34.0 Å². The van der Waals surface area contributed by atoms with Crippen LogP contribution in [0.15, 0.2) is 54.7 Å². The highest BCUT2D eigenvalue weighted by atomic mass is 32.2. The first kappa shape index (κ1) is 12.1. The normalized spacial score (nSPS) is 9.88. The van der Waals surface area contributed by atoms with E-state index in [-0.39, 0.29) is 0 Å². The van der Waals surface area contributed by atoms with E-state index in [0.717, 1.165) is 21.5 Å². The third-order valence-corrected chi connectivity index (χ3v) is 3.36. The maximum Gasteiger partial charge on any atom is 0.138 e. The van der Waals surface area contributed by atoms with Gasteiger partial charge in [-0.25, -0.2) is 0 Å². The predicted octanol–water partition coefficient (Wildman–Crippen LogP) is 3.71. The fraction of sp³-hybridized carbons (Fsp3) is 0.0769. The molecule has 0 unspecified atom stereocenters. The fourth-order valence-electron chi connectivity index (χ4n) is 1.30. The van der Waals surface area contributed by atoms with E-state index in [1.54, 1.807) is 18.0 Å². The molecule has 0 saturated carbocycles. The zero-order valence-electron chi connectivity index (χ0n) is 9.17. The van der Waals surface area contributed by atoms with Crippen molar-refractivity contribution in [2.75, 3.05) is 5.32 Å². The number of nitrogens with one attached hydrogen (secondary N) is 1. The second-order valence-corrected chi connectivity index (χ2v) is 5.04. The Balaban J connectivity index is 1.83. The molecule has 0 atom stereocenters. The lowest BCUT2D eigenvalue weighted by Crippen LogP contribution is -2.04. The summed E-state index contributed by atoms with van der Waals surface area (Å²) >= 11 is 6.84. The van der Waals surface area contributed by atoms with Crippen molar-refractivity contribution < 1.29 is 0 Å². The van der Waals surface area contributed by atoms with Crippen molar-refractivity contribution in [1.82, 2.24) is 4.98 Å². The van der Waals surface area contributed by atoms with Gasteiger partial charge in [0.25, 0.3) is 0 Å². The van der Waals surface area contributed by atoms with Gasteiger partial charge in [0.05, 0.1) is 5.69 Å². The molecule has 2 rings (SSSR count). The second-order valence-electron chi connectivity index (χ2n) is 3.39. The van der Waals surface area contributed by atoms with E-state index >= 15 is 0 Å². The number of thiocarbonyl (C=S) groups is 1. The maximum absolute atomic E-state index is 5.26. The van der Waals surface area contributed by atoms with Crippen LogP contribution < -0.4 is 5.32 Å². The lowest BCUT2D eigenvalue weighted by atomic mass is 10.3. The predicted molar refractivity (Wildman–Crippen MR) is 78.2 cm³/mol. The van der Waals surface area contributed by atoms with E-state index < -0.39 is 0 Å². The minimum absolute atomic E-state index is 0.766. The van der Waals surface area contributed by atoms with Crippen LogP contribution in [-0.2, 0) is 5.75 Å². The van der Waals surface area contributed by atoms with Gasteiger partial charge in [0.15, 0.2) is 0 Å². The van der Waals surface area contributed by atoms with Crippen molar-refractivity contribution in [2.24, 2.45) is 0 Å². The van der Waals surface area contributed by atoms with Gasteiger partial charge in [-0.15, -0.1) is 0 Å². The van der Waals surface area contributed by atoms with Gasteiger partial charge in [-0.3, -0.25) is 4.98 Å². The highest BCUT2D eigenvalue weighted by Crippen LogP contribution is 2.15. The van der Waals surface area contributed by atoms with Crippen LogP contribution in [0, 0.1) is 0 Å². The molecule has 0 amide bonds. The highest BCUT2D eigenvalue weighted by molar-refractivity contribution is 8.22. The smallest absolute Gasteiger partial charge is 0.138 e. The molecule has 0 aliphatic carbocycles. The fourth-order valence-corrected chi connectivity index (χ4v) is 2.23. The molecule has 0 aliphatic heterocycles. The first-order valence-electron chi connectivity index (χ1n) is 5.23. The molecule has 0 fully saturated rings. The summed E-state index contributed by atoms with van der Waals surface area (Å²) in [5, 5.41) is 3.18. The standard InChI is InChI=1S/C13H12N2S2/c16-13(15-11-6-2-1-3-7-11)17-10-12-8-4-5-9-14-12/h1-9H,10H2,(H,15,16). The molecule has 0 radical (unpaired) electrons. The van der Waals surface area contributed by atoms with Crippen LogP contribution in [0.25, 0.3) is 0 Å². The number of thioether (sulfide) groups is 1. The Kier molecular flexibility index (Phi) is 4.53. The summed E-state index contributed by atoms with van der Waals surface area (Å²) in [6, 6.07) is 15.8. The summed E-state index contributed by atoms with van der Waals surface area (Å²) in [5.74, 6) is 0.791. The summed E-state index contributed by atoms with van der Waals surface area (Å²) in [7, 11) is 0. The molecule has 2 nitrogen and oxygen atoms in total. The molecule has 0 saturated heterocycles. The van der Waals surface area contributed by atoms with Crippen LogP contribution in [0.2, 0.25) is 0 Å². The minimum atomic E-state index is 0.766. The largest absolute Gasteiger partial charge is 0.341 e. The zero-order valence-corrected chi connectivity index (χ0v) is 10.8. The third kappa shape index (κ3) is 4.17. The van der Waals surface area contributed by atoms with Gasteiger partial charge >= 0.3 is 0 Å². The number of nitrogens with zero attached hydrogens (tertiary/aromatic N) is 1. The molecule has 1 heterocycles. The number of hydrogen-bond donors (Lipinski definition) is 1. The summed E-state index contributed by atoms with van der Waals surface area (Å²) in [6.07, 6.45) is 1.80. The van der Waals surface area contributed by atoms with Crippen LogP contribution in [0.5, 0.6) is 0 Å². The average molecular weight is 260 g/mol. The van der Waals surface area contributed by atoms with Gasteiger partial charge in [-0.2, -0.15) is 0 Å². The lowest BCUT2D eigenvalue weighted by Gasteiger charge is -2.06. The SMILES string of the molecule is S=C(Nc1ccccc1)SCc1ccccn1. The quantitative estimate of drug-likeness (QED) is 0.850. The lowest BCUT2D eigenvalue weighted by molar-refractivity contribution is 1.18. The zero-order chi connectivity index (χ0) is 11.9. The van der Waals surface area contributed by atoms with Gasteiger partial charge < -0.3 is 5.32 Å². The summed E-state index contributed by atoms with van der Waals surface area (Å²) in [5.41, 5.74) is 2.06. The van der Waals surface area contributed by atoms with Crippen molar-refractivity contribution in [3.63, 3.8) is 0 Å². The number of para-hydroxylation sites is 1. The Morgan fingerprint density at radius 2 is 1.88 bits per heavy atom. The van der Waals surface area contributed by atoms with E-state index in [1.165, 1.54) is 0 Å². The Morgan fingerprint density at radius 3 is 2.59 bits per heavy atom. The van der Waals surface area contributed by atoms with Crippen molar-refractivity contribution in [2.45, 2.75) is 5.75 Å². The number of aromatic nitrogens is 1. The van der Waals surface area contributed by atoms with E-state index in [4.69, 9.17) is 12.2 Å². The highest BCUT2D eigenvalue weighted by Gasteiger charge is 2.00. The second kappa shape index (κ2) is 6.37. The Bertz CT molecular complexity index is 471. The molecule has 0 bridgehead atoms. The van der Waals surface area contributed by atoms with Crippen molar-refractivity contribution in [1.29, 1.82) is 0 Å². The Morgan fingerprint density at radius 1 is 1.12 bits per heavy atom. The Labute approximate surface area is 110 Å². The molecule has 1 aromatic heterocycles. The minimum Gasteiger partial charge on any atom is -0.341 e. The third-order valence-electron chi connectivity index (χ3n) is 2.10. The van der Waals surface area contributed by atoms with Gasteiger partial charge in [0.1, 0.15) is 4.32 Å². The maximum atomic E-state index is 5.26. The van der Waals surface area contributed by atoms with Crippen LogP contribution >= 0.6 is 24.0 Å². The van der Waals surface area contributed by atoms with E-state index in [0.29, 0.717) is 0 Å². The average Bonchev–Trinajstić information content (AvgIpc) is 2.39. The van der Waals surface area contributed by atoms with Gasteiger partial charge in [0.2, 0.25) is 0 Å². The molecular weight excluding hydrogens is 248 g/mol. The molecule has 0 aliphatic rings. The van der Waals surface area contributed by atoms with E-state index in [1.807, 2.05) is 48.5 Å². The molecule has 1 aromatic carbocycles. The molecule has 86 valence electrons. The first-order valence-corrected chi connectivity index (χ1v) is 6.63. The van der Waals surface area contributed by atoms with Crippen LogP contribution in [0.3, 0.4) is 0 Å². The number of hydrogen-bond acceptors (Lipinski definition) is 3. The van der Waals surface area contributed by atoms with E-state index in [9.17, 15) is 0 Å². The number of benzene rings is 1. The topological polar surface area (TPSA) is 24.9 Å². The number of anilines is 1. The summed E-state index contributed by atoms with van der Waals surface area (Å²) < 4.78 is 0.766. The number of pyridine rings is 1. The van der Waals surface area contributed by atoms with Crippen molar-refractivity contribution in [3.05, 3.63) is 60.4 Å². The molecule has 2 aromatic rings. The molecule has 17 heavy (non-hydrogen) atoms. The molecule has 0 spiro atoms. The van der Waals surface area contributed by atoms with Crippen LogP contribution in [-0.4, -0.2) is 9.30 Å². The molecule has 4 heteroatoms.